The lowest BCUT2D eigenvalue weighted by molar-refractivity contribution is -0.136. The number of benzene rings is 1. The van der Waals surface area contributed by atoms with Crippen LogP contribution in [0.2, 0.25) is 0 Å². The monoisotopic (exact) mass is 298 g/mol. The Hall–Kier alpha value is -2.02. The Bertz CT molecular complexity index is 616. The zero-order valence-electron chi connectivity index (χ0n) is 10.4. The molecule has 0 saturated heterocycles. The molecule has 0 aliphatic rings. The molecule has 0 atom stereocenters. The van der Waals surface area contributed by atoms with Gasteiger partial charge < -0.3 is 10.4 Å². The number of carboxylic acid groups (broad SMARTS) is 1. The van der Waals surface area contributed by atoms with Gasteiger partial charge in [-0.05, 0) is 17.7 Å². The average Bonchev–Trinajstić information content (AvgIpc) is 2.86. The molecule has 0 fully saturated rings. The highest BCUT2D eigenvalue weighted by Crippen LogP contribution is 2.18. The minimum Gasteiger partial charge on any atom is -0.481 e. The molecule has 106 valence electrons. The number of rotatable bonds is 6. The van der Waals surface area contributed by atoms with Crippen LogP contribution in [0.3, 0.4) is 0 Å². The molecule has 1 aromatic heterocycles. The number of carbonyl (C=O) groups is 1. The van der Waals surface area contributed by atoms with Gasteiger partial charge >= 0.3 is 5.97 Å². The van der Waals surface area contributed by atoms with Crippen molar-refractivity contribution in [1.82, 2.24) is 4.98 Å². The van der Waals surface area contributed by atoms with Crippen molar-refractivity contribution < 1.29 is 18.7 Å². The molecule has 2 rings (SSSR count). The van der Waals surface area contributed by atoms with Gasteiger partial charge in [0.1, 0.15) is 0 Å². The highest BCUT2D eigenvalue weighted by atomic mass is 32.1. The molecule has 0 unspecified atom stereocenters. The second-order valence-electron chi connectivity index (χ2n) is 4.14. The van der Waals surface area contributed by atoms with Crippen LogP contribution in [0.15, 0.2) is 23.6 Å². The topological polar surface area (TPSA) is 62.2 Å². The lowest BCUT2D eigenvalue weighted by Gasteiger charge is -2.03. The van der Waals surface area contributed by atoms with Crippen molar-refractivity contribution in [2.24, 2.45) is 0 Å². The largest absolute Gasteiger partial charge is 0.481 e. The molecule has 0 radical (unpaired) electrons. The van der Waals surface area contributed by atoms with Crippen LogP contribution >= 0.6 is 11.3 Å². The van der Waals surface area contributed by atoms with Gasteiger partial charge in [0.05, 0.1) is 12.1 Å². The fourth-order valence-electron chi connectivity index (χ4n) is 1.57. The Kier molecular flexibility index (Phi) is 4.62. The number of hydrogen-bond donors (Lipinski definition) is 2. The van der Waals surface area contributed by atoms with Crippen LogP contribution in [0.25, 0.3) is 0 Å². The SMILES string of the molecule is O=C(O)CCc1csc(NCc2ccc(F)c(F)c2)n1. The summed E-state index contributed by atoms with van der Waals surface area (Å²) in [4.78, 5) is 14.7. The van der Waals surface area contributed by atoms with Gasteiger partial charge in [-0.2, -0.15) is 0 Å². The summed E-state index contributed by atoms with van der Waals surface area (Å²) in [5.41, 5.74) is 1.30. The summed E-state index contributed by atoms with van der Waals surface area (Å²) >= 11 is 1.34. The number of aliphatic carboxylic acids is 1. The number of aromatic nitrogens is 1. The second kappa shape index (κ2) is 6.42. The first-order chi connectivity index (χ1) is 9.54. The molecule has 7 heteroatoms. The smallest absolute Gasteiger partial charge is 0.303 e. The van der Waals surface area contributed by atoms with E-state index in [1.165, 1.54) is 17.4 Å². The van der Waals surface area contributed by atoms with Crippen LogP contribution in [0.4, 0.5) is 13.9 Å². The van der Waals surface area contributed by atoms with Gasteiger partial charge in [0.2, 0.25) is 0 Å². The van der Waals surface area contributed by atoms with E-state index in [9.17, 15) is 13.6 Å². The van der Waals surface area contributed by atoms with Crippen molar-refractivity contribution >= 4 is 22.4 Å². The van der Waals surface area contributed by atoms with Crippen LogP contribution in [0.5, 0.6) is 0 Å². The minimum atomic E-state index is -0.884. The van der Waals surface area contributed by atoms with Crippen molar-refractivity contribution in [2.45, 2.75) is 19.4 Å². The highest BCUT2D eigenvalue weighted by molar-refractivity contribution is 7.13. The van der Waals surface area contributed by atoms with Gasteiger partial charge in [-0.15, -0.1) is 11.3 Å². The summed E-state index contributed by atoms with van der Waals surface area (Å²) in [6.07, 6.45) is 0.408. The van der Waals surface area contributed by atoms with Crippen molar-refractivity contribution in [3.8, 4) is 0 Å². The third-order valence-corrected chi connectivity index (χ3v) is 3.42. The zero-order chi connectivity index (χ0) is 14.5. The van der Waals surface area contributed by atoms with Gasteiger partial charge in [0, 0.05) is 18.3 Å². The van der Waals surface area contributed by atoms with E-state index in [0.717, 1.165) is 12.1 Å². The molecule has 0 aliphatic heterocycles. The number of thiazole rings is 1. The number of nitrogens with one attached hydrogen (secondary N) is 1. The van der Waals surface area contributed by atoms with Gasteiger partial charge in [-0.25, -0.2) is 13.8 Å². The number of nitrogens with zero attached hydrogens (tertiary/aromatic N) is 1. The van der Waals surface area contributed by atoms with E-state index in [1.54, 1.807) is 5.38 Å². The normalized spacial score (nSPS) is 10.5. The Morgan fingerprint density at radius 1 is 1.35 bits per heavy atom. The Labute approximate surface area is 118 Å². The van der Waals surface area contributed by atoms with Gasteiger partial charge in [-0.3, -0.25) is 4.79 Å². The van der Waals surface area contributed by atoms with E-state index in [-0.39, 0.29) is 6.42 Å². The lowest BCUT2D eigenvalue weighted by Crippen LogP contribution is -2.01. The maximum atomic E-state index is 13.0. The molecule has 2 aromatic rings. The van der Waals surface area contributed by atoms with Crippen LogP contribution in [0.1, 0.15) is 17.7 Å². The number of anilines is 1. The molecule has 20 heavy (non-hydrogen) atoms. The Morgan fingerprint density at radius 3 is 2.85 bits per heavy atom. The standard InChI is InChI=1S/C13H12F2N2O2S/c14-10-3-1-8(5-11(10)15)6-16-13-17-9(7-20-13)2-4-12(18)19/h1,3,5,7H,2,4,6H2,(H,16,17)(H,18,19). The third kappa shape index (κ3) is 3.99. The minimum absolute atomic E-state index is 0.0341. The Morgan fingerprint density at radius 2 is 2.15 bits per heavy atom. The summed E-state index contributed by atoms with van der Waals surface area (Å²) in [6.45, 7) is 0.323. The van der Waals surface area contributed by atoms with Crippen molar-refractivity contribution in [1.29, 1.82) is 0 Å². The fraction of sp³-hybridized carbons (Fsp3) is 0.231. The van der Waals surface area contributed by atoms with Crippen LogP contribution in [-0.4, -0.2) is 16.1 Å². The first kappa shape index (κ1) is 14.4. The van der Waals surface area contributed by atoms with Crippen molar-refractivity contribution in [3.63, 3.8) is 0 Å². The van der Waals surface area contributed by atoms with E-state index in [4.69, 9.17) is 5.11 Å². The molecule has 1 aromatic carbocycles. The molecule has 4 nitrogen and oxygen atoms in total. The molecule has 0 spiro atoms. The molecule has 0 amide bonds. The third-order valence-electron chi connectivity index (χ3n) is 2.57. The summed E-state index contributed by atoms with van der Waals surface area (Å²) in [6, 6.07) is 3.69. The van der Waals surface area contributed by atoms with Gasteiger partial charge in [-0.1, -0.05) is 6.07 Å². The Balaban J connectivity index is 1.90. The molecule has 1 heterocycles. The first-order valence-corrected chi connectivity index (χ1v) is 6.76. The van der Waals surface area contributed by atoms with Gasteiger partial charge in [0.25, 0.3) is 0 Å². The highest BCUT2D eigenvalue weighted by Gasteiger charge is 2.06. The summed E-state index contributed by atoms with van der Waals surface area (Å²) in [5.74, 6) is -2.63. The maximum absolute atomic E-state index is 13.0. The maximum Gasteiger partial charge on any atom is 0.303 e. The van der Waals surface area contributed by atoms with E-state index >= 15 is 0 Å². The molecule has 0 aliphatic carbocycles. The predicted octanol–water partition coefficient (Wildman–Crippen LogP) is 3.05. The summed E-state index contributed by atoms with van der Waals surface area (Å²) < 4.78 is 25.8. The number of hydrogen-bond acceptors (Lipinski definition) is 4. The molecular weight excluding hydrogens is 286 g/mol. The molecular formula is C13H12F2N2O2S. The zero-order valence-corrected chi connectivity index (χ0v) is 11.2. The summed E-state index contributed by atoms with van der Waals surface area (Å²) in [5, 5.41) is 14.0. The predicted molar refractivity (Wildman–Crippen MR) is 71.8 cm³/mol. The van der Waals surface area contributed by atoms with Crippen LogP contribution < -0.4 is 5.32 Å². The second-order valence-corrected chi connectivity index (χ2v) is 5.00. The summed E-state index contributed by atoms with van der Waals surface area (Å²) in [7, 11) is 0. The quantitative estimate of drug-likeness (QED) is 0.860. The van der Waals surface area contributed by atoms with E-state index in [1.807, 2.05) is 0 Å². The van der Waals surface area contributed by atoms with E-state index < -0.39 is 17.6 Å². The van der Waals surface area contributed by atoms with Crippen molar-refractivity contribution in [2.75, 3.05) is 5.32 Å². The number of halogens is 2. The van der Waals surface area contributed by atoms with Crippen LogP contribution in [-0.2, 0) is 17.8 Å². The van der Waals surface area contributed by atoms with Crippen molar-refractivity contribution in [3.05, 3.63) is 46.5 Å². The first-order valence-electron chi connectivity index (χ1n) is 5.88. The van der Waals surface area contributed by atoms with E-state index in [2.05, 4.69) is 10.3 Å². The molecule has 0 saturated carbocycles. The number of aryl methyl sites for hydroxylation is 1. The fourth-order valence-corrected chi connectivity index (χ4v) is 2.31. The molecule has 2 N–H and O–H groups in total. The van der Waals surface area contributed by atoms with E-state index in [0.29, 0.717) is 29.4 Å². The van der Waals surface area contributed by atoms with Crippen LogP contribution in [0, 0.1) is 11.6 Å². The average molecular weight is 298 g/mol. The van der Waals surface area contributed by atoms with Gasteiger partial charge in [0.15, 0.2) is 16.8 Å². The molecule has 0 bridgehead atoms. The lowest BCUT2D eigenvalue weighted by atomic mass is 10.2. The number of carboxylic acids is 1.